The summed E-state index contributed by atoms with van der Waals surface area (Å²) < 4.78 is 10.8. The first-order valence-corrected chi connectivity index (χ1v) is 9.40. The number of carbonyl (C=O) groups is 2. The summed E-state index contributed by atoms with van der Waals surface area (Å²) in [6, 6.07) is 14.8. The van der Waals surface area contributed by atoms with Crippen LogP contribution in [0, 0.1) is 0 Å². The van der Waals surface area contributed by atoms with E-state index in [0.717, 1.165) is 18.5 Å². The van der Waals surface area contributed by atoms with Gasteiger partial charge in [-0.2, -0.15) is 0 Å². The molecule has 1 saturated heterocycles. The molecule has 6 nitrogen and oxygen atoms in total. The lowest BCUT2D eigenvalue weighted by Gasteiger charge is -2.21. The van der Waals surface area contributed by atoms with E-state index in [1.807, 2.05) is 41.3 Å². The van der Waals surface area contributed by atoms with Gasteiger partial charge in [-0.05, 0) is 48.4 Å². The van der Waals surface area contributed by atoms with Gasteiger partial charge in [0.1, 0.15) is 11.5 Å². The van der Waals surface area contributed by atoms with Gasteiger partial charge in [0.15, 0.2) is 0 Å². The van der Waals surface area contributed by atoms with E-state index in [2.05, 4.69) is 0 Å². The van der Waals surface area contributed by atoms with E-state index in [9.17, 15) is 9.59 Å². The minimum absolute atomic E-state index is 0.100. The van der Waals surface area contributed by atoms with Gasteiger partial charge < -0.3 is 18.6 Å². The van der Waals surface area contributed by atoms with Crippen LogP contribution in [0.15, 0.2) is 69.9 Å². The fraction of sp³-hybridized carbons (Fsp3) is 0.273. The number of nitrogens with zero attached hydrogens (tertiary/aromatic N) is 2. The molecule has 0 N–H and O–H groups in total. The quantitative estimate of drug-likeness (QED) is 0.627. The zero-order valence-electron chi connectivity index (χ0n) is 15.5. The number of furan rings is 2. The van der Waals surface area contributed by atoms with E-state index < -0.39 is 0 Å². The number of amides is 2. The first-order chi connectivity index (χ1) is 13.7. The predicted molar refractivity (Wildman–Crippen MR) is 102 cm³/mol. The Labute approximate surface area is 163 Å². The number of carbonyl (C=O) groups excluding carboxylic acids is 2. The van der Waals surface area contributed by atoms with Gasteiger partial charge in [-0.1, -0.05) is 12.1 Å². The fourth-order valence-corrected chi connectivity index (χ4v) is 3.41. The summed E-state index contributed by atoms with van der Waals surface area (Å²) in [6.07, 6.45) is 4.74. The van der Waals surface area contributed by atoms with Gasteiger partial charge in [-0.15, -0.1) is 0 Å². The van der Waals surface area contributed by atoms with Crippen molar-refractivity contribution in [3.05, 3.63) is 83.7 Å². The zero-order chi connectivity index (χ0) is 19.3. The van der Waals surface area contributed by atoms with Crippen molar-refractivity contribution in [1.29, 1.82) is 0 Å². The van der Waals surface area contributed by atoms with Gasteiger partial charge >= 0.3 is 0 Å². The monoisotopic (exact) mass is 378 g/mol. The second kappa shape index (κ2) is 8.17. The normalized spacial score (nSPS) is 13.9. The lowest BCUT2D eigenvalue weighted by atomic mass is 10.1. The number of likely N-dealkylation sites (tertiary alicyclic amines) is 1. The SMILES string of the molecule is O=C1CCCN1Cc1ccc(C(=O)N(Cc2ccco2)Cc2ccco2)cc1. The maximum Gasteiger partial charge on any atom is 0.254 e. The summed E-state index contributed by atoms with van der Waals surface area (Å²) >= 11 is 0. The van der Waals surface area contributed by atoms with Gasteiger partial charge in [-0.25, -0.2) is 0 Å². The maximum atomic E-state index is 13.1. The molecule has 0 aliphatic carbocycles. The topological polar surface area (TPSA) is 66.9 Å². The van der Waals surface area contributed by atoms with Crippen molar-refractivity contribution in [3.63, 3.8) is 0 Å². The molecule has 0 spiro atoms. The summed E-state index contributed by atoms with van der Waals surface area (Å²) in [6.45, 7) is 2.11. The van der Waals surface area contributed by atoms with E-state index in [1.165, 1.54) is 0 Å². The Morgan fingerprint density at radius 2 is 1.61 bits per heavy atom. The van der Waals surface area contributed by atoms with Gasteiger partial charge in [0.25, 0.3) is 5.91 Å². The van der Waals surface area contributed by atoms with E-state index in [1.54, 1.807) is 29.6 Å². The number of rotatable bonds is 7. The smallest absolute Gasteiger partial charge is 0.254 e. The van der Waals surface area contributed by atoms with E-state index in [0.29, 0.717) is 43.1 Å². The van der Waals surface area contributed by atoms with Crippen molar-refractivity contribution in [2.75, 3.05) is 6.54 Å². The molecule has 4 rings (SSSR count). The molecule has 28 heavy (non-hydrogen) atoms. The summed E-state index contributed by atoms with van der Waals surface area (Å²) in [4.78, 5) is 28.4. The van der Waals surface area contributed by atoms with Crippen LogP contribution in [0.1, 0.15) is 40.3 Å². The van der Waals surface area contributed by atoms with Crippen molar-refractivity contribution in [3.8, 4) is 0 Å². The predicted octanol–water partition coefficient (Wildman–Crippen LogP) is 3.84. The Morgan fingerprint density at radius 1 is 0.964 bits per heavy atom. The largest absolute Gasteiger partial charge is 0.467 e. The molecule has 1 aliphatic rings. The molecule has 0 unspecified atom stereocenters. The zero-order valence-corrected chi connectivity index (χ0v) is 15.5. The van der Waals surface area contributed by atoms with Crippen molar-refractivity contribution in [2.45, 2.75) is 32.5 Å². The lowest BCUT2D eigenvalue weighted by molar-refractivity contribution is -0.128. The number of hydrogen-bond donors (Lipinski definition) is 0. The van der Waals surface area contributed by atoms with Gasteiger partial charge in [0.05, 0.1) is 25.6 Å². The molecule has 0 bridgehead atoms. The van der Waals surface area contributed by atoms with Crippen LogP contribution in [0.25, 0.3) is 0 Å². The van der Waals surface area contributed by atoms with Gasteiger partial charge in [0, 0.05) is 25.1 Å². The molecule has 144 valence electrons. The van der Waals surface area contributed by atoms with Crippen LogP contribution in [0.3, 0.4) is 0 Å². The van der Waals surface area contributed by atoms with Crippen LogP contribution in [-0.4, -0.2) is 28.2 Å². The second-order valence-electron chi connectivity index (χ2n) is 6.94. The average molecular weight is 378 g/mol. The molecule has 1 fully saturated rings. The summed E-state index contributed by atoms with van der Waals surface area (Å²) in [5, 5.41) is 0. The van der Waals surface area contributed by atoms with Crippen LogP contribution in [0.4, 0.5) is 0 Å². The van der Waals surface area contributed by atoms with Crippen molar-refractivity contribution in [1.82, 2.24) is 9.80 Å². The first-order valence-electron chi connectivity index (χ1n) is 9.40. The van der Waals surface area contributed by atoms with Crippen molar-refractivity contribution in [2.24, 2.45) is 0 Å². The molecule has 1 aromatic carbocycles. The van der Waals surface area contributed by atoms with Crippen LogP contribution < -0.4 is 0 Å². The average Bonchev–Trinajstić information content (AvgIpc) is 3.46. The van der Waals surface area contributed by atoms with Crippen LogP contribution >= 0.6 is 0 Å². The van der Waals surface area contributed by atoms with E-state index in [4.69, 9.17) is 8.83 Å². The Bertz CT molecular complexity index is 878. The summed E-state index contributed by atoms with van der Waals surface area (Å²) in [5.41, 5.74) is 1.62. The summed E-state index contributed by atoms with van der Waals surface area (Å²) in [5.74, 6) is 1.52. The standard InChI is InChI=1S/C22H22N2O4/c25-21-6-1-11-23(21)14-17-7-9-18(10-8-17)22(26)24(15-19-4-2-12-27-19)16-20-5-3-13-28-20/h2-5,7-10,12-13H,1,6,11,14-16H2. The van der Waals surface area contributed by atoms with Crippen LogP contribution in [0.2, 0.25) is 0 Å². The second-order valence-corrected chi connectivity index (χ2v) is 6.94. The minimum Gasteiger partial charge on any atom is -0.467 e. The molecule has 0 radical (unpaired) electrons. The Hall–Kier alpha value is -3.28. The van der Waals surface area contributed by atoms with Crippen LogP contribution in [-0.2, 0) is 24.4 Å². The molecule has 0 atom stereocenters. The van der Waals surface area contributed by atoms with Gasteiger partial charge in [0.2, 0.25) is 5.91 Å². The molecule has 2 amide bonds. The number of hydrogen-bond acceptors (Lipinski definition) is 4. The van der Waals surface area contributed by atoms with Crippen molar-refractivity contribution < 1.29 is 18.4 Å². The van der Waals surface area contributed by atoms with Gasteiger partial charge in [-0.3, -0.25) is 9.59 Å². The molecule has 1 aliphatic heterocycles. The molecule has 6 heteroatoms. The fourth-order valence-electron chi connectivity index (χ4n) is 3.41. The summed E-state index contributed by atoms with van der Waals surface area (Å²) in [7, 11) is 0. The van der Waals surface area contributed by atoms with E-state index in [-0.39, 0.29) is 11.8 Å². The molecule has 3 aromatic rings. The Morgan fingerprint density at radius 3 is 2.11 bits per heavy atom. The maximum absolute atomic E-state index is 13.1. The molecular formula is C22H22N2O4. The molecule has 0 saturated carbocycles. The number of benzene rings is 1. The third-order valence-electron chi connectivity index (χ3n) is 4.89. The van der Waals surface area contributed by atoms with E-state index >= 15 is 0 Å². The third kappa shape index (κ3) is 4.17. The van der Waals surface area contributed by atoms with Crippen LogP contribution in [0.5, 0.6) is 0 Å². The Balaban J connectivity index is 1.48. The third-order valence-corrected chi connectivity index (χ3v) is 4.89. The first kappa shape index (κ1) is 18.1. The highest BCUT2D eigenvalue weighted by Crippen LogP contribution is 2.18. The Kier molecular flexibility index (Phi) is 5.28. The molecule has 3 heterocycles. The minimum atomic E-state index is -0.100. The molecular weight excluding hydrogens is 356 g/mol. The lowest BCUT2D eigenvalue weighted by Crippen LogP contribution is -2.30. The highest BCUT2D eigenvalue weighted by molar-refractivity contribution is 5.94. The highest BCUT2D eigenvalue weighted by atomic mass is 16.3. The molecule has 2 aromatic heterocycles. The van der Waals surface area contributed by atoms with Crippen molar-refractivity contribution >= 4 is 11.8 Å². The highest BCUT2D eigenvalue weighted by Gasteiger charge is 2.21.